The molecule has 0 N–H and O–H groups in total. The van der Waals surface area contributed by atoms with E-state index in [4.69, 9.17) is 0 Å². The van der Waals surface area contributed by atoms with Crippen molar-refractivity contribution in [2.24, 2.45) is 5.92 Å². The number of hydrogen-bond donors (Lipinski definition) is 0. The van der Waals surface area contributed by atoms with Crippen molar-refractivity contribution >= 4 is 10.8 Å². The second-order valence-electron chi connectivity index (χ2n) is 9.06. The molecule has 0 spiro atoms. The van der Waals surface area contributed by atoms with Crippen LogP contribution >= 0.6 is 0 Å². The van der Waals surface area contributed by atoms with E-state index in [9.17, 15) is 17.6 Å². The van der Waals surface area contributed by atoms with Gasteiger partial charge in [0.05, 0.1) is 5.56 Å². The Kier molecular flexibility index (Phi) is 7.38. The highest BCUT2D eigenvalue weighted by molar-refractivity contribution is 5.84. The van der Waals surface area contributed by atoms with E-state index in [1.165, 1.54) is 6.07 Å². The fourth-order valence-corrected chi connectivity index (χ4v) is 4.72. The van der Waals surface area contributed by atoms with Crippen molar-refractivity contribution in [2.45, 2.75) is 64.2 Å². The molecule has 0 nitrogen and oxygen atoms in total. The van der Waals surface area contributed by atoms with Gasteiger partial charge >= 0.3 is 0 Å². The Morgan fingerprint density at radius 3 is 2.33 bits per heavy atom. The van der Waals surface area contributed by atoms with Crippen LogP contribution in [0.3, 0.4) is 0 Å². The van der Waals surface area contributed by atoms with Crippen molar-refractivity contribution in [1.29, 1.82) is 0 Å². The lowest BCUT2D eigenvalue weighted by molar-refractivity contribution is 0.385. The molecular formula is C29H28F4. The molecule has 0 heterocycles. The van der Waals surface area contributed by atoms with Crippen molar-refractivity contribution < 1.29 is 17.6 Å². The predicted molar refractivity (Wildman–Crippen MR) is 125 cm³/mol. The average molecular weight is 453 g/mol. The third-order valence-electron chi connectivity index (χ3n) is 6.71. The van der Waals surface area contributed by atoms with E-state index in [1.54, 1.807) is 24.3 Å². The Hall–Kier alpha value is -2.80. The first-order valence-corrected chi connectivity index (χ1v) is 11.8. The summed E-state index contributed by atoms with van der Waals surface area (Å²) in [6.07, 6.45) is 7.83. The SMILES string of the molecule is CCCCCc1ccc(C#CC2CCC(c3ccc4c(F)c(F)c(F)cc4c3)CC2)c(F)c1. The number of halogens is 4. The molecule has 4 heteroatoms. The topological polar surface area (TPSA) is 0 Å². The molecule has 1 aliphatic rings. The second kappa shape index (κ2) is 10.4. The highest BCUT2D eigenvalue weighted by Gasteiger charge is 2.22. The first kappa shape index (κ1) is 23.4. The van der Waals surface area contributed by atoms with E-state index >= 15 is 0 Å². The minimum atomic E-state index is -1.43. The van der Waals surface area contributed by atoms with E-state index in [1.807, 2.05) is 6.07 Å². The molecule has 3 aromatic carbocycles. The van der Waals surface area contributed by atoms with E-state index in [-0.39, 0.29) is 23.0 Å². The summed E-state index contributed by atoms with van der Waals surface area (Å²) in [5.74, 6) is 2.74. The van der Waals surface area contributed by atoms with Gasteiger partial charge in [-0.2, -0.15) is 0 Å². The number of unbranched alkanes of at least 4 members (excludes halogenated alkanes) is 2. The Morgan fingerprint density at radius 2 is 1.61 bits per heavy atom. The Bertz CT molecular complexity index is 1190. The molecule has 0 aliphatic heterocycles. The van der Waals surface area contributed by atoms with Gasteiger partial charge in [-0.3, -0.25) is 0 Å². The third kappa shape index (κ3) is 5.41. The van der Waals surface area contributed by atoms with Gasteiger partial charge in [-0.15, -0.1) is 0 Å². The summed E-state index contributed by atoms with van der Waals surface area (Å²) < 4.78 is 55.5. The van der Waals surface area contributed by atoms with E-state index < -0.39 is 17.5 Å². The molecule has 0 atom stereocenters. The van der Waals surface area contributed by atoms with Crippen molar-refractivity contribution in [2.75, 3.05) is 0 Å². The zero-order valence-corrected chi connectivity index (χ0v) is 18.9. The van der Waals surface area contributed by atoms with Gasteiger partial charge in [-0.05, 0) is 79.2 Å². The van der Waals surface area contributed by atoms with Crippen LogP contribution in [0.2, 0.25) is 0 Å². The van der Waals surface area contributed by atoms with Gasteiger partial charge in [0, 0.05) is 11.3 Å². The molecule has 3 aromatic rings. The quantitative estimate of drug-likeness (QED) is 0.158. The summed E-state index contributed by atoms with van der Waals surface area (Å²) in [5.41, 5.74) is 2.47. The lowest BCUT2D eigenvalue weighted by atomic mass is 9.78. The van der Waals surface area contributed by atoms with Gasteiger partial charge in [0.1, 0.15) is 5.82 Å². The third-order valence-corrected chi connectivity index (χ3v) is 6.71. The molecule has 0 aromatic heterocycles. The molecule has 0 saturated heterocycles. The normalized spacial score (nSPS) is 18.2. The molecule has 172 valence electrons. The Labute approximate surface area is 193 Å². The van der Waals surface area contributed by atoms with Gasteiger partial charge in [-0.25, -0.2) is 17.6 Å². The van der Waals surface area contributed by atoms with E-state index in [2.05, 4.69) is 18.8 Å². The fourth-order valence-electron chi connectivity index (χ4n) is 4.72. The average Bonchev–Trinajstić information content (AvgIpc) is 2.82. The zero-order chi connectivity index (χ0) is 23.4. The largest absolute Gasteiger partial charge is 0.206 e. The second-order valence-corrected chi connectivity index (χ2v) is 9.06. The molecular weight excluding hydrogens is 424 g/mol. The minimum absolute atomic E-state index is 0.0932. The Morgan fingerprint density at radius 1 is 0.818 bits per heavy atom. The molecule has 4 rings (SSSR count). The van der Waals surface area contributed by atoms with Crippen LogP contribution in [-0.4, -0.2) is 0 Å². The van der Waals surface area contributed by atoms with Gasteiger partial charge < -0.3 is 0 Å². The van der Waals surface area contributed by atoms with Crippen LogP contribution in [-0.2, 0) is 6.42 Å². The fraction of sp³-hybridized carbons (Fsp3) is 0.379. The maximum Gasteiger partial charge on any atom is 0.195 e. The number of aryl methyl sites for hydroxylation is 1. The Balaban J connectivity index is 1.39. The van der Waals surface area contributed by atoms with Crippen molar-refractivity contribution in [3.05, 3.63) is 82.4 Å². The molecule has 1 saturated carbocycles. The van der Waals surface area contributed by atoms with E-state index in [0.717, 1.165) is 68.6 Å². The van der Waals surface area contributed by atoms with E-state index in [0.29, 0.717) is 10.9 Å². The van der Waals surface area contributed by atoms with Crippen LogP contribution in [0, 0.1) is 41.0 Å². The van der Waals surface area contributed by atoms with Gasteiger partial charge in [0.2, 0.25) is 0 Å². The predicted octanol–water partition coefficient (Wildman–Crippen LogP) is 8.45. The molecule has 1 aliphatic carbocycles. The summed E-state index contributed by atoms with van der Waals surface area (Å²) in [6.45, 7) is 2.15. The lowest BCUT2D eigenvalue weighted by Gasteiger charge is -2.26. The standard InChI is InChI=1S/C29H28F4/c1-2-3-4-5-20-9-13-22(26(30)16-20)12-8-19-6-10-21(11-7-19)23-14-15-25-24(17-23)18-27(31)29(33)28(25)32/h9,13-19,21H,2-7,10-11H2,1H3. The van der Waals surface area contributed by atoms with Crippen molar-refractivity contribution in [3.8, 4) is 11.8 Å². The highest BCUT2D eigenvalue weighted by atomic mass is 19.2. The smallest absolute Gasteiger partial charge is 0.195 e. The van der Waals surface area contributed by atoms with Crippen LogP contribution in [0.25, 0.3) is 10.8 Å². The molecule has 0 unspecified atom stereocenters. The number of rotatable bonds is 5. The highest BCUT2D eigenvalue weighted by Crippen LogP contribution is 2.37. The van der Waals surface area contributed by atoms with Gasteiger partial charge in [0.25, 0.3) is 0 Å². The molecule has 0 amide bonds. The number of fused-ring (bicyclic) bond motifs is 1. The van der Waals surface area contributed by atoms with Crippen LogP contribution in [0.1, 0.15) is 74.5 Å². The maximum atomic E-state index is 14.4. The van der Waals surface area contributed by atoms with Crippen molar-refractivity contribution in [1.82, 2.24) is 0 Å². The molecule has 1 fully saturated rings. The van der Waals surface area contributed by atoms with Gasteiger partial charge in [0.15, 0.2) is 17.5 Å². The summed E-state index contributed by atoms with van der Waals surface area (Å²) in [6, 6.07) is 11.5. The van der Waals surface area contributed by atoms with Gasteiger partial charge in [-0.1, -0.05) is 55.9 Å². The molecule has 0 bridgehead atoms. The lowest BCUT2D eigenvalue weighted by Crippen LogP contribution is -2.12. The maximum absolute atomic E-state index is 14.4. The summed E-state index contributed by atoms with van der Waals surface area (Å²) in [4.78, 5) is 0. The summed E-state index contributed by atoms with van der Waals surface area (Å²) in [5, 5.41) is 0.468. The van der Waals surface area contributed by atoms with Crippen LogP contribution in [0.5, 0.6) is 0 Å². The zero-order valence-electron chi connectivity index (χ0n) is 18.9. The number of hydrogen-bond acceptors (Lipinski definition) is 0. The van der Waals surface area contributed by atoms with Crippen LogP contribution < -0.4 is 0 Å². The first-order chi connectivity index (χ1) is 16.0. The molecule has 0 radical (unpaired) electrons. The summed E-state index contributed by atoms with van der Waals surface area (Å²) in [7, 11) is 0. The van der Waals surface area contributed by atoms with Crippen molar-refractivity contribution in [3.63, 3.8) is 0 Å². The molecule has 33 heavy (non-hydrogen) atoms. The van der Waals surface area contributed by atoms with Crippen LogP contribution in [0.4, 0.5) is 17.6 Å². The monoisotopic (exact) mass is 452 g/mol. The minimum Gasteiger partial charge on any atom is -0.206 e. The first-order valence-electron chi connectivity index (χ1n) is 11.8. The van der Waals surface area contributed by atoms with Crippen LogP contribution in [0.15, 0.2) is 42.5 Å². The number of benzene rings is 3. The summed E-state index contributed by atoms with van der Waals surface area (Å²) >= 11 is 0.